The van der Waals surface area contributed by atoms with Crippen LogP contribution in [0.1, 0.15) is 29.2 Å². The number of halogens is 1. The van der Waals surface area contributed by atoms with Crippen LogP contribution in [0.15, 0.2) is 54.7 Å². The number of nitrogens with zero attached hydrogens (tertiary/aromatic N) is 2. The largest absolute Gasteiger partial charge is 0.459 e. The summed E-state index contributed by atoms with van der Waals surface area (Å²) in [4.78, 5) is 8.07. The van der Waals surface area contributed by atoms with Gasteiger partial charge in [0, 0.05) is 6.54 Å². The van der Waals surface area contributed by atoms with Gasteiger partial charge in [-0.1, -0.05) is 61.0 Å². The van der Waals surface area contributed by atoms with Gasteiger partial charge in [0.1, 0.15) is 6.61 Å². The molecule has 1 heterocycles. The minimum atomic E-state index is -0.498. The van der Waals surface area contributed by atoms with Crippen LogP contribution in [0, 0.1) is 12.7 Å². The summed E-state index contributed by atoms with van der Waals surface area (Å²) in [6.45, 7) is 4.96. The zero-order valence-electron chi connectivity index (χ0n) is 15.0. The molecule has 0 aliphatic rings. The van der Waals surface area contributed by atoms with Gasteiger partial charge in [-0.2, -0.15) is 4.98 Å². The van der Waals surface area contributed by atoms with Crippen molar-refractivity contribution >= 4 is 5.82 Å². The van der Waals surface area contributed by atoms with Crippen LogP contribution in [-0.4, -0.2) is 9.97 Å². The maximum atomic E-state index is 14.0. The van der Waals surface area contributed by atoms with E-state index in [0.29, 0.717) is 13.2 Å². The number of ether oxygens (including phenoxy) is 1. The molecule has 134 valence electrons. The van der Waals surface area contributed by atoms with E-state index in [1.807, 2.05) is 49.4 Å². The Morgan fingerprint density at radius 3 is 2.50 bits per heavy atom. The first kappa shape index (κ1) is 17.9. The second-order valence-corrected chi connectivity index (χ2v) is 6.10. The van der Waals surface area contributed by atoms with E-state index in [-0.39, 0.29) is 11.8 Å². The first-order chi connectivity index (χ1) is 12.7. The SMILES string of the molecule is CCc1ccccc1CNc1nc(OCc2ccc(C)cc2)ncc1F. The van der Waals surface area contributed by atoms with Crippen molar-refractivity contribution in [2.75, 3.05) is 5.32 Å². The third-order valence-electron chi connectivity index (χ3n) is 4.16. The van der Waals surface area contributed by atoms with Crippen molar-refractivity contribution in [2.45, 2.75) is 33.4 Å². The summed E-state index contributed by atoms with van der Waals surface area (Å²) in [5, 5.41) is 3.04. The van der Waals surface area contributed by atoms with Gasteiger partial charge in [-0.25, -0.2) is 9.37 Å². The number of benzene rings is 2. The van der Waals surface area contributed by atoms with Crippen LogP contribution >= 0.6 is 0 Å². The van der Waals surface area contributed by atoms with Gasteiger partial charge in [-0.15, -0.1) is 0 Å². The van der Waals surface area contributed by atoms with Crippen molar-refractivity contribution in [1.29, 1.82) is 0 Å². The standard InChI is InChI=1S/C21H22FN3O/c1-3-17-6-4-5-7-18(17)12-23-20-19(22)13-24-21(25-20)26-14-16-10-8-15(2)9-11-16/h4-11,13H,3,12,14H2,1-2H3,(H,23,24,25). The van der Waals surface area contributed by atoms with Crippen molar-refractivity contribution in [3.63, 3.8) is 0 Å². The summed E-state index contributed by atoms with van der Waals surface area (Å²) in [5.41, 5.74) is 4.54. The molecule has 0 spiro atoms. The van der Waals surface area contributed by atoms with Crippen LogP contribution in [0.25, 0.3) is 0 Å². The van der Waals surface area contributed by atoms with Crippen molar-refractivity contribution in [3.8, 4) is 6.01 Å². The number of hydrogen-bond acceptors (Lipinski definition) is 4. The van der Waals surface area contributed by atoms with Crippen LogP contribution in [0.2, 0.25) is 0 Å². The van der Waals surface area contributed by atoms with E-state index in [4.69, 9.17) is 4.74 Å². The lowest BCUT2D eigenvalue weighted by molar-refractivity contribution is 0.280. The smallest absolute Gasteiger partial charge is 0.318 e. The molecular weight excluding hydrogens is 329 g/mol. The van der Waals surface area contributed by atoms with E-state index in [2.05, 4.69) is 28.3 Å². The Labute approximate surface area is 153 Å². The molecule has 0 radical (unpaired) electrons. The van der Waals surface area contributed by atoms with E-state index in [1.165, 1.54) is 11.1 Å². The molecule has 0 bridgehead atoms. The summed E-state index contributed by atoms with van der Waals surface area (Å²) >= 11 is 0. The fourth-order valence-electron chi connectivity index (χ4n) is 2.63. The molecular formula is C21H22FN3O. The Bertz CT molecular complexity index is 865. The highest BCUT2D eigenvalue weighted by atomic mass is 19.1. The maximum Gasteiger partial charge on any atom is 0.318 e. The zero-order chi connectivity index (χ0) is 18.4. The first-order valence-corrected chi connectivity index (χ1v) is 8.67. The molecule has 0 unspecified atom stereocenters. The maximum absolute atomic E-state index is 14.0. The van der Waals surface area contributed by atoms with Crippen LogP contribution in [0.5, 0.6) is 6.01 Å². The number of anilines is 1. The predicted molar refractivity (Wildman–Crippen MR) is 101 cm³/mol. The third kappa shape index (κ3) is 4.57. The van der Waals surface area contributed by atoms with Gasteiger partial charge in [0.2, 0.25) is 0 Å². The highest BCUT2D eigenvalue weighted by Crippen LogP contribution is 2.17. The summed E-state index contributed by atoms with van der Waals surface area (Å²) in [6.07, 6.45) is 2.06. The van der Waals surface area contributed by atoms with E-state index in [9.17, 15) is 4.39 Å². The predicted octanol–water partition coefficient (Wildman–Crippen LogP) is 4.68. The Morgan fingerprint density at radius 1 is 1.04 bits per heavy atom. The molecule has 0 aliphatic carbocycles. The Kier molecular flexibility index (Phi) is 5.79. The molecule has 0 atom stereocenters. The topological polar surface area (TPSA) is 47.0 Å². The van der Waals surface area contributed by atoms with Crippen molar-refractivity contribution < 1.29 is 9.13 Å². The van der Waals surface area contributed by atoms with Crippen molar-refractivity contribution in [3.05, 3.63) is 82.8 Å². The van der Waals surface area contributed by atoms with Gasteiger partial charge >= 0.3 is 6.01 Å². The number of aryl methyl sites for hydroxylation is 2. The molecule has 0 fully saturated rings. The lowest BCUT2D eigenvalue weighted by Crippen LogP contribution is -2.08. The Morgan fingerprint density at radius 2 is 1.77 bits per heavy atom. The number of hydrogen-bond donors (Lipinski definition) is 1. The second kappa shape index (κ2) is 8.43. The fourth-order valence-corrected chi connectivity index (χ4v) is 2.63. The summed E-state index contributed by atoms with van der Waals surface area (Å²) < 4.78 is 19.6. The normalized spacial score (nSPS) is 10.6. The van der Waals surface area contributed by atoms with Gasteiger partial charge < -0.3 is 10.1 Å². The number of aromatic nitrogens is 2. The van der Waals surface area contributed by atoms with Gasteiger partial charge in [-0.05, 0) is 30.0 Å². The van der Waals surface area contributed by atoms with E-state index in [0.717, 1.165) is 23.7 Å². The molecule has 26 heavy (non-hydrogen) atoms. The minimum Gasteiger partial charge on any atom is -0.459 e. The van der Waals surface area contributed by atoms with Gasteiger partial charge in [0.25, 0.3) is 0 Å². The van der Waals surface area contributed by atoms with Crippen LogP contribution in [0.4, 0.5) is 10.2 Å². The highest BCUT2D eigenvalue weighted by Gasteiger charge is 2.09. The molecule has 2 aromatic carbocycles. The van der Waals surface area contributed by atoms with E-state index >= 15 is 0 Å². The summed E-state index contributed by atoms with van der Waals surface area (Å²) in [7, 11) is 0. The molecule has 0 aliphatic heterocycles. The molecule has 1 aromatic heterocycles. The van der Waals surface area contributed by atoms with Crippen molar-refractivity contribution in [1.82, 2.24) is 9.97 Å². The highest BCUT2D eigenvalue weighted by molar-refractivity contribution is 5.39. The average Bonchev–Trinajstić information content (AvgIpc) is 2.67. The van der Waals surface area contributed by atoms with E-state index in [1.54, 1.807) is 0 Å². The monoisotopic (exact) mass is 351 g/mol. The zero-order valence-corrected chi connectivity index (χ0v) is 15.0. The fraction of sp³-hybridized carbons (Fsp3) is 0.238. The lowest BCUT2D eigenvalue weighted by Gasteiger charge is -2.11. The van der Waals surface area contributed by atoms with Gasteiger partial charge in [0.15, 0.2) is 11.6 Å². The first-order valence-electron chi connectivity index (χ1n) is 8.67. The van der Waals surface area contributed by atoms with E-state index < -0.39 is 5.82 Å². The lowest BCUT2D eigenvalue weighted by atomic mass is 10.1. The molecule has 1 N–H and O–H groups in total. The minimum absolute atomic E-state index is 0.143. The summed E-state index contributed by atoms with van der Waals surface area (Å²) in [5.74, 6) is -0.355. The molecule has 3 aromatic rings. The Hall–Kier alpha value is -2.95. The van der Waals surface area contributed by atoms with Crippen LogP contribution in [0.3, 0.4) is 0 Å². The number of nitrogens with one attached hydrogen (secondary N) is 1. The molecule has 0 saturated carbocycles. The molecule has 4 nitrogen and oxygen atoms in total. The average molecular weight is 351 g/mol. The molecule has 3 rings (SSSR count). The third-order valence-corrected chi connectivity index (χ3v) is 4.16. The van der Waals surface area contributed by atoms with Crippen LogP contribution in [-0.2, 0) is 19.6 Å². The van der Waals surface area contributed by atoms with Gasteiger partial charge in [-0.3, -0.25) is 0 Å². The van der Waals surface area contributed by atoms with Gasteiger partial charge in [0.05, 0.1) is 6.20 Å². The van der Waals surface area contributed by atoms with Crippen LogP contribution < -0.4 is 10.1 Å². The molecule has 5 heteroatoms. The van der Waals surface area contributed by atoms with Crippen molar-refractivity contribution in [2.24, 2.45) is 0 Å². The number of rotatable bonds is 7. The Balaban J connectivity index is 1.66. The quantitative estimate of drug-likeness (QED) is 0.671. The summed E-state index contributed by atoms with van der Waals surface area (Å²) in [6, 6.07) is 16.2. The molecule has 0 amide bonds. The molecule has 0 saturated heterocycles. The second-order valence-electron chi connectivity index (χ2n) is 6.10.